The summed E-state index contributed by atoms with van der Waals surface area (Å²) in [7, 11) is -4.19. The molecule has 1 aliphatic carbocycles. The molecule has 1 amide bonds. The first-order valence-corrected chi connectivity index (χ1v) is 10.2. The zero-order valence-electron chi connectivity index (χ0n) is 14.4. The van der Waals surface area contributed by atoms with Crippen molar-refractivity contribution in [3.63, 3.8) is 0 Å². The Morgan fingerprint density at radius 1 is 1.07 bits per heavy atom. The molecule has 1 N–H and O–H groups in total. The summed E-state index contributed by atoms with van der Waals surface area (Å²) in [5.74, 6) is -1.71. The molecule has 0 aromatic heterocycles. The van der Waals surface area contributed by atoms with Gasteiger partial charge in [-0.15, -0.1) is 0 Å². The van der Waals surface area contributed by atoms with Gasteiger partial charge in [0.25, 0.3) is 10.0 Å². The van der Waals surface area contributed by atoms with Crippen LogP contribution in [0.15, 0.2) is 41.3 Å². The van der Waals surface area contributed by atoms with Gasteiger partial charge in [0.2, 0.25) is 5.91 Å². The van der Waals surface area contributed by atoms with Gasteiger partial charge in [0.05, 0.1) is 0 Å². The number of sulfonamides is 1. The van der Waals surface area contributed by atoms with Crippen LogP contribution < -0.4 is 4.72 Å². The van der Waals surface area contributed by atoms with Crippen LogP contribution in [0.25, 0.3) is 0 Å². The van der Waals surface area contributed by atoms with Crippen LogP contribution in [0.2, 0.25) is 0 Å². The summed E-state index contributed by atoms with van der Waals surface area (Å²) < 4.78 is 54.1. The first kappa shape index (κ1) is 17.9. The van der Waals surface area contributed by atoms with E-state index < -0.39 is 26.6 Å². The molecule has 1 aliphatic heterocycles. The Hall–Kier alpha value is -2.48. The van der Waals surface area contributed by atoms with Crippen molar-refractivity contribution in [1.29, 1.82) is 0 Å². The minimum Gasteiger partial charge on any atom is -0.338 e. The van der Waals surface area contributed by atoms with E-state index >= 15 is 0 Å². The number of carbonyl (C=O) groups is 1. The smallest absolute Gasteiger partial charge is 0.264 e. The number of fused-ring (bicyclic) bond motifs is 1. The number of amides is 1. The normalized spacial score (nSPS) is 16.7. The zero-order valence-corrected chi connectivity index (χ0v) is 15.2. The summed E-state index contributed by atoms with van der Waals surface area (Å²) in [4.78, 5) is 13.5. The number of hydrogen-bond acceptors (Lipinski definition) is 3. The second-order valence-electron chi connectivity index (χ2n) is 6.95. The fourth-order valence-corrected chi connectivity index (χ4v) is 4.41. The fourth-order valence-electron chi connectivity index (χ4n) is 3.30. The molecule has 27 heavy (non-hydrogen) atoms. The third-order valence-electron chi connectivity index (χ3n) is 4.89. The highest BCUT2D eigenvalue weighted by Crippen LogP contribution is 2.33. The number of halogens is 2. The molecule has 2 aromatic carbocycles. The molecule has 4 rings (SSSR count). The SMILES string of the molecule is O=C(C1CC1)N1CCc2ccc(NS(=O)(=O)c3ccc(F)cc3F)cc2C1. The Balaban J connectivity index is 1.56. The van der Waals surface area contributed by atoms with Crippen molar-refractivity contribution in [2.24, 2.45) is 5.92 Å². The second kappa shape index (κ2) is 6.60. The number of rotatable bonds is 4. The van der Waals surface area contributed by atoms with Gasteiger partial charge in [-0.25, -0.2) is 17.2 Å². The van der Waals surface area contributed by atoms with Crippen molar-refractivity contribution in [2.45, 2.75) is 30.7 Å². The maximum absolute atomic E-state index is 13.8. The fraction of sp³-hybridized carbons (Fsp3) is 0.316. The summed E-state index contributed by atoms with van der Waals surface area (Å²) >= 11 is 0. The lowest BCUT2D eigenvalue weighted by molar-refractivity contribution is -0.133. The minimum absolute atomic E-state index is 0.134. The number of anilines is 1. The van der Waals surface area contributed by atoms with Gasteiger partial charge in [0, 0.05) is 30.8 Å². The summed E-state index contributed by atoms with van der Waals surface area (Å²) in [5, 5.41) is 0. The molecule has 0 saturated heterocycles. The lowest BCUT2D eigenvalue weighted by Gasteiger charge is -2.29. The number of hydrogen-bond donors (Lipinski definition) is 1. The maximum Gasteiger partial charge on any atom is 0.264 e. The molecule has 0 atom stereocenters. The highest BCUT2D eigenvalue weighted by molar-refractivity contribution is 7.92. The van der Waals surface area contributed by atoms with Crippen LogP contribution in [0.4, 0.5) is 14.5 Å². The molecule has 5 nitrogen and oxygen atoms in total. The van der Waals surface area contributed by atoms with E-state index in [1.807, 2.05) is 6.07 Å². The number of carbonyl (C=O) groups excluding carboxylic acids is 1. The molecule has 1 fully saturated rings. The Labute approximate surface area is 156 Å². The molecular weight excluding hydrogens is 374 g/mol. The third-order valence-corrected chi connectivity index (χ3v) is 6.31. The highest BCUT2D eigenvalue weighted by Gasteiger charge is 2.34. The van der Waals surface area contributed by atoms with E-state index in [1.54, 1.807) is 17.0 Å². The molecule has 0 bridgehead atoms. The van der Waals surface area contributed by atoms with Crippen molar-refractivity contribution in [3.8, 4) is 0 Å². The van der Waals surface area contributed by atoms with Gasteiger partial charge in [-0.2, -0.15) is 0 Å². The summed E-state index contributed by atoms with van der Waals surface area (Å²) in [6, 6.07) is 7.40. The third kappa shape index (κ3) is 3.66. The topological polar surface area (TPSA) is 66.5 Å². The molecule has 2 aromatic rings. The van der Waals surface area contributed by atoms with Gasteiger partial charge < -0.3 is 4.90 Å². The Kier molecular flexibility index (Phi) is 4.38. The first-order chi connectivity index (χ1) is 12.8. The van der Waals surface area contributed by atoms with E-state index in [0.717, 1.165) is 36.1 Å². The lowest BCUT2D eigenvalue weighted by atomic mass is 9.99. The predicted octanol–water partition coefficient (Wildman–Crippen LogP) is 3.06. The van der Waals surface area contributed by atoms with Crippen LogP contribution in [0, 0.1) is 17.6 Å². The largest absolute Gasteiger partial charge is 0.338 e. The molecule has 0 radical (unpaired) electrons. The number of nitrogens with one attached hydrogen (secondary N) is 1. The number of nitrogens with zero attached hydrogens (tertiary/aromatic N) is 1. The van der Waals surface area contributed by atoms with Crippen molar-refractivity contribution in [3.05, 3.63) is 59.2 Å². The summed E-state index contributed by atoms with van der Waals surface area (Å²) in [6.07, 6.45) is 2.59. The second-order valence-corrected chi connectivity index (χ2v) is 8.60. The summed E-state index contributed by atoms with van der Waals surface area (Å²) in [6.45, 7) is 1.10. The van der Waals surface area contributed by atoms with E-state index in [4.69, 9.17) is 0 Å². The molecule has 1 saturated carbocycles. The molecule has 0 unspecified atom stereocenters. The minimum atomic E-state index is -4.19. The molecule has 2 aliphatic rings. The molecule has 1 heterocycles. The lowest BCUT2D eigenvalue weighted by Crippen LogP contribution is -2.36. The first-order valence-electron chi connectivity index (χ1n) is 8.72. The number of benzene rings is 2. The van der Waals surface area contributed by atoms with Gasteiger partial charge in [-0.3, -0.25) is 9.52 Å². The average Bonchev–Trinajstić information content (AvgIpc) is 3.45. The van der Waals surface area contributed by atoms with E-state index in [1.165, 1.54) is 0 Å². The summed E-state index contributed by atoms with van der Waals surface area (Å²) in [5.41, 5.74) is 2.21. The van der Waals surface area contributed by atoms with E-state index in [9.17, 15) is 22.0 Å². The highest BCUT2D eigenvalue weighted by atomic mass is 32.2. The van der Waals surface area contributed by atoms with Crippen LogP contribution in [0.1, 0.15) is 24.0 Å². The van der Waals surface area contributed by atoms with Crippen LogP contribution >= 0.6 is 0 Å². The van der Waals surface area contributed by atoms with Gasteiger partial charge >= 0.3 is 0 Å². The van der Waals surface area contributed by atoms with Crippen molar-refractivity contribution in [2.75, 3.05) is 11.3 Å². The van der Waals surface area contributed by atoms with Crippen LogP contribution in [-0.2, 0) is 27.8 Å². The van der Waals surface area contributed by atoms with Gasteiger partial charge in [-0.05, 0) is 54.7 Å². The maximum atomic E-state index is 13.8. The monoisotopic (exact) mass is 392 g/mol. The molecular formula is C19H18F2N2O3S. The standard InChI is InChI=1S/C19H18F2N2O3S/c20-15-4-6-18(17(21)10-15)27(25,26)22-16-5-3-12-7-8-23(11-14(12)9-16)19(24)13-1-2-13/h3-6,9-10,13,22H,1-2,7-8,11H2. The van der Waals surface area contributed by atoms with Crippen molar-refractivity contribution < 1.29 is 22.0 Å². The van der Waals surface area contributed by atoms with Crippen LogP contribution in [-0.4, -0.2) is 25.8 Å². The van der Waals surface area contributed by atoms with Gasteiger partial charge in [0.15, 0.2) is 0 Å². The van der Waals surface area contributed by atoms with Crippen LogP contribution in [0.3, 0.4) is 0 Å². The van der Waals surface area contributed by atoms with Crippen LogP contribution in [0.5, 0.6) is 0 Å². The molecule has 142 valence electrons. The van der Waals surface area contributed by atoms with Crippen molar-refractivity contribution in [1.82, 2.24) is 4.90 Å². The predicted molar refractivity (Wildman–Crippen MR) is 95.5 cm³/mol. The van der Waals surface area contributed by atoms with E-state index in [2.05, 4.69) is 4.72 Å². The molecule has 0 spiro atoms. The average molecular weight is 392 g/mol. The Bertz CT molecular complexity index is 1020. The van der Waals surface area contributed by atoms with Gasteiger partial charge in [0.1, 0.15) is 16.5 Å². The molecule has 8 heteroatoms. The zero-order chi connectivity index (χ0) is 19.2. The Morgan fingerprint density at radius 3 is 2.56 bits per heavy atom. The van der Waals surface area contributed by atoms with E-state index in [-0.39, 0.29) is 17.5 Å². The Morgan fingerprint density at radius 2 is 1.85 bits per heavy atom. The van der Waals surface area contributed by atoms with Crippen molar-refractivity contribution >= 4 is 21.6 Å². The quantitative estimate of drug-likeness (QED) is 0.870. The van der Waals surface area contributed by atoms with Gasteiger partial charge in [-0.1, -0.05) is 6.07 Å². The van der Waals surface area contributed by atoms with E-state index in [0.29, 0.717) is 25.6 Å².